The van der Waals surface area contributed by atoms with E-state index in [1.165, 1.54) is 0 Å². The van der Waals surface area contributed by atoms with Crippen LogP contribution in [-0.4, -0.2) is 30.0 Å². The minimum absolute atomic E-state index is 0.271. The quantitative estimate of drug-likeness (QED) is 0.219. The lowest BCUT2D eigenvalue weighted by Gasteiger charge is -2.13. The number of benzene rings is 4. The maximum absolute atomic E-state index is 13.0. The Balaban J connectivity index is 1.67. The van der Waals surface area contributed by atoms with Crippen LogP contribution in [0.1, 0.15) is 31.1 Å². The number of methoxy groups -OCH3 is 1. The lowest BCUT2D eigenvalue weighted by atomic mass is 10.00. The molecule has 0 saturated carbocycles. The van der Waals surface area contributed by atoms with Gasteiger partial charge >= 0.3 is 0 Å². The highest BCUT2D eigenvalue weighted by Gasteiger charge is 2.14. The molecule has 0 radical (unpaired) electrons. The van der Waals surface area contributed by atoms with E-state index in [4.69, 9.17) is 9.94 Å². The van der Waals surface area contributed by atoms with Crippen LogP contribution < -0.4 is 20.9 Å². The van der Waals surface area contributed by atoms with Crippen LogP contribution in [0.2, 0.25) is 0 Å². The molecule has 8 nitrogen and oxygen atoms in total. The van der Waals surface area contributed by atoms with E-state index in [1.807, 2.05) is 18.2 Å². The Morgan fingerprint density at radius 2 is 1.19 bits per heavy atom. The smallest absolute Gasteiger partial charge is 0.274 e. The average molecular weight is 482 g/mol. The molecule has 0 aliphatic heterocycles. The normalized spacial score (nSPS) is 10.3. The first-order valence-corrected chi connectivity index (χ1v) is 11.0. The fourth-order valence-corrected chi connectivity index (χ4v) is 3.55. The molecule has 0 fully saturated rings. The molecule has 4 aromatic rings. The van der Waals surface area contributed by atoms with Crippen molar-refractivity contribution in [2.45, 2.75) is 0 Å². The Kier molecular flexibility index (Phi) is 7.38. The summed E-state index contributed by atoms with van der Waals surface area (Å²) in [6.07, 6.45) is 0. The Morgan fingerprint density at radius 3 is 1.83 bits per heavy atom. The highest BCUT2D eigenvalue weighted by molar-refractivity contribution is 6.08. The predicted octanol–water partition coefficient (Wildman–Crippen LogP) is 4.99. The molecular formula is C28H23N3O5. The van der Waals surface area contributed by atoms with E-state index >= 15 is 0 Å². The molecule has 4 N–H and O–H groups in total. The van der Waals surface area contributed by atoms with Crippen molar-refractivity contribution in [3.8, 4) is 16.9 Å². The molecule has 180 valence electrons. The van der Waals surface area contributed by atoms with Gasteiger partial charge in [0.2, 0.25) is 0 Å². The number of carbonyl (C=O) groups excluding carboxylic acids is 3. The predicted molar refractivity (Wildman–Crippen MR) is 136 cm³/mol. The highest BCUT2D eigenvalue weighted by atomic mass is 16.5. The summed E-state index contributed by atoms with van der Waals surface area (Å²) in [4.78, 5) is 37.6. The fraction of sp³-hybridized carbons (Fsp3) is 0.0357. The number of hydrogen-bond donors (Lipinski definition) is 4. The number of hydroxylamine groups is 1. The standard InChI is InChI=1S/C28H23N3O5/c1-36-25-13-11-19(12-14-25)26(32)30-24-16-21(18-7-9-20(10-8-18)28(34)31-35)15-22(17-24)27(33)29-23-5-3-2-4-6-23/h2-17,35H,1H3,(H,29,33)(H,30,32)(H,31,34). The lowest BCUT2D eigenvalue weighted by Crippen LogP contribution is -2.18. The number of rotatable bonds is 7. The molecule has 0 saturated heterocycles. The van der Waals surface area contributed by atoms with Gasteiger partial charge in [-0.15, -0.1) is 0 Å². The third kappa shape index (κ3) is 5.75. The maximum Gasteiger partial charge on any atom is 0.274 e. The van der Waals surface area contributed by atoms with E-state index in [-0.39, 0.29) is 17.4 Å². The second kappa shape index (κ2) is 11.0. The van der Waals surface area contributed by atoms with Crippen molar-refractivity contribution in [1.29, 1.82) is 0 Å². The molecular weight excluding hydrogens is 458 g/mol. The Hall–Kier alpha value is -4.95. The van der Waals surface area contributed by atoms with Gasteiger partial charge in [0.25, 0.3) is 17.7 Å². The van der Waals surface area contributed by atoms with Crippen LogP contribution in [0.3, 0.4) is 0 Å². The summed E-state index contributed by atoms with van der Waals surface area (Å²) in [5.74, 6) is -0.699. The van der Waals surface area contributed by atoms with Crippen LogP contribution in [0.5, 0.6) is 5.75 Å². The van der Waals surface area contributed by atoms with E-state index in [0.29, 0.717) is 39.4 Å². The van der Waals surface area contributed by atoms with Crippen LogP contribution in [-0.2, 0) is 0 Å². The lowest BCUT2D eigenvalue weighted by molar-refractivity contribution is 0.0706. The van der Waals surface area contributed by atoms with Gasteiger partial charge in [0.1, 0.15) is 5.75 Å². The van der Waals surface area contributed by atoms with E-state index in [2.05, 4.69) is 10.6 Å². The van der Waals surface area contributed by atoms with Crippen molar-refractivity contribution in [3.63, 3.8) is 0 Å². The zero-order valence-electron chi connectivity index (χ0n) is 19.3. The molecule has 3 amide bonds. The van der Waals surface area contributed by atoms with E-state index in [0.717, 1.165) is 0 Å². The van der Waals surface area contributed by atoms with Gasteiger partial charge in [-0.3, -0.25) is 19.6 Å². The number of carbonyl (C=O) groups is 3. The van der Waals surface area contributed by atoms with Gasteiger partial charge in [0.05, 0.1) is 7.11 Å². The number of hydrogen-bond acceptors (Lipinski definition) is 5. The number of ether oxygens (including phenoxy) is 1. The van der Waals surface area contributed by atoms with Crippen LogP contribution in [0, 0.1) is 0 Å². The minimum atomic E-state index is -0.634. The van der Waals surface area contributed by atoms with Crippen molar-refractivity contribution in [1.82, 2.24) is 5.48 Å². The molecule has 0 atom stereocenters. The van der Waals surface area contributed by atoms with Gasteiger partial charge in [0.15, 0.2) is 0 Å². The number of amides is 3. The van der Waals surface area contributed by atoms with Crippen LogP contribution in [0.15, 0.2) is 97.1 Å². The summed E-state index contributed by atoms with van der Waals surface area (Å²) in [6.45, 7) is 0. The summed E-state index contributed by atoms with van der Waals surface area (Å²) in [6, 6.07) is 27.2. The number of nitrogens with one attached hydrogen (secondary N) is 3. The van der Waals surface area contributed by atoms with Crippen molar-refractivity contribution in [2.75, 3.05) is 17.7 Å². The second-order valence-corrected chi connectivity index (χ2v) is 7.82. The molecule has 0 unspecified atom stereocenters. The monoisotopic (exact) mass is 481 g/mol. The van der Waals surface area contributed by atoms with Gasteiger partial charge in [-0.25, -0.2) is 5.48 Å². The minimum Gasteiger partial charge on any atom is -0.497 e. The van der Waals surface area contributed by atoms with E-state index in [9.17, 15) is 14.4 Å². The molecule has 8 heteroatoms. The SMILES string of the molecule is COc1ccc(C(=O)Nc2cc(C(=O)Nc3ccccc3)cc(-c3ccc(C(=O)NO)cc3)c2)cc1. The molecule has 4 aromatic carbocycles. The molecule has 0 aromatic heterocycles. The third-order valence-electron chi connectivity index (χ3n) is 5.42. The molecule has 0 aliphatic rings. The van der Waals surface area contributed by atoms with Gasteiger partial charge < -0.3 is 15.4 Å². The van der Waals surface area contributed by atoms with E-state index < -0.39 is 5.91 Å². The Labute approximate surface area is 207 Å². The summed E-state index contributed by atoms with van der Waals surface area (Å²) in [7, 11) is 1.55. The summed E-state index contributed by atoms with van der Waals surface area (Å²) in [5, 5.41) is 14.5. The van der Waals surface area contributed by atoms with Crippen molar-refractivity contribution in [3.05, 3.63) is 114 Å². The van der Waals surface area contributed by atoms with Crippen molar-refractivity contribution >= 4 is 29.1 Å². The molecule has 4 rings (SSSR count). The summed E-state index contributed by atoms with van der Waals surface area (Å²) < 4.78 is 5.14. The van der Waals surface area contributed by atoms with Crippen LogP contribution in [0.25, 0.3) is 11.1 Å². The van der Waals surface area contributed by atoms with Gasteiger partial charge in [-0.1, -0.05) is 30.3 Å². The molecule has 0 heterocycles. The zero-order chi connectivity index (χ0) is 25.5. The van der Waals surface area contributed by atoms with E-state index in [1.54, 1.807) is 91.5 Å². The Bertz CT molecular complexity index is 1390. The first-order chi connectivity index (χ1) is 17.5. The first kappa shape index (κ1) is 24.2. The van der Waals surface area contributed by atoms with Crippen molar-refractivity contribution < 1.29 is 24.3 Å². The number of para-hydroxylation sites is 1. The zero-order valence-corrected chi connectivity index (χ0v) is 19.3. The first-order valence-electron chi connectivity index (χ1n) is 11.0. The number of anilines is 2. The molecule has 0 spiro atoms. The fourth-order valence-electron chi connectivity index (χ4n) is 3.55. The molecule has 0 bridgehead atoms. The van der Waals surface area contributed by atoms with Gasteiger partial charge in [-0.2, -0.15) is 0 Å². The largest absolute Gasteiger partial charge is 0.497 e. The van der Waals surface area contributed by atoms with Gasteiger partial charge in [-0.05, 0) is 77.9 Å². The van der Waals surface area contributed by atoms with Crippen molar-refractivity contribution in [2.24, 2.45) is 0 Å². The highest BCUT2D eigenvalue weighted by Crippen LogP contribution is 2.27. The second-order valence-electron chi connectivity index (χ2n) is 7.82. The molecule has 36 heavy (non-hydrogen) atoms. The topological polar surface area (TPSA) is 117 Å². The summed E-state index contributed by atoms with van der Waals surface area (Å²) in [5.41, 5.74) is 5.04. The van der Waals surface area contributed by atoms with Gasteiger partial charge in [0, 0.05) is 28.1 Å². The Morgan fingerprint density at radius 1 is 0.611 bits per heavy atom. The molecule has 0 aliphatic carbocycles. The summed E-state index contributed by atoms with van der Waals surface area (Å²) >= 11 is 0. The average Bonchev–Trinajstić information content (AvgIpc) is 2.93. The van der Waals surface area contributed by atoms with Crippen LogP contribution in [0.4, 0.5) is 11.4 Å². The third-order valence-corrected chi connectivity index (χ3v) is 5.42. The van der Waals surface area contributed by atoms with Crippen LogP contribution >= 0.6 is 0 Å². The maximum atomic E-state index is 13.0.